The molecule has 2 aliphatic rings. The molecule has 0 aromatic heterocycles. The monoisotopic (exact) mass is 323 g/mol. The van der Waals surface area contributed by atoms with Gasteiger partial charge in [0.05, 0.1) is 10.0 Å². The van der Waals surface area contributed by atoms with E-state index in [9.17, 15) is 0 Å². The summed E-state index contributed by atoms with van der Waals surface area (Å²) in [5.41, 5.74) is 1.13. The van der Waals surface area contributed by atoms with Gasteiger partial charge >= 0.3 is 0 Å². The van der Waals surface area contributed by atoms with E-state index in [4.69, 9.17) is 23.2 Å². The quantitative estimate of drug-likeness (QED) is 0.675. The second-order valence-corrected chi connectivity index (χ2v) is 7.21. The van der Waals surface area contributed by atoms with E-state index >= 15 is 0 Å². The number of benzene rings is 1. The molecule has 21 heavy (non-hydrogen) atoms. The molecular formula is C18H23Cl2N. The summed E-state index contributed by atoms with van der Waals surface area (Å²) in [5.74, 6) is 0.990. The highest BCUT2D eigenvalue weighted by molar-refractivity contribution is 6.42. The molecule has 0 radical (unpaired) electrons. The third kappa shape index (κ3) is 4.48. The third-order valence-electron chi connectivity index (χ3n) is 4.60. The van der Waals surface area contributed by atoms with Gasteiger partial charge in [-0.25, -0.2) is 0 Å². The van der Waals surface area contributed by atoms with E-state index in [1.807, 2.05) is 18.2 Å². The number of halogens is 2. The molecule has 2 fully saturated rings. The SMILES string of the molecule is Clc1ccc(C=CCC2CCCCN2CC2CC2)cc1Cl. The van der Waals surface area contributed by atoms with E-state index in [-0.39, 0.29) is 0 Å². The standard InChI is InChI=1S/C18H23Cl2N/c19-17-10-9-14(12-18(17)20)4-3-6-16-5-1-2-11-21(16)13-15-7-8-15/h3-4,9-10,12,15-16H,1-2,5-8,11,13H2. The second kappa shape index (κ2) is 7.17. The Morgan fingerprint density at radius 1 is 1.10 bits per heavy atom. The largest absolute Gasteiger partial charge is 0.300 e. The summed E-state index contributed by atoms with van der Waals surface area (Å²) in [6, 6.07) is 6.55. The average molecular weight is 324 g/mol. The molecule has 1 nitrogen and oxygen atoms in total. The molecule has 114 valence electrons. The highest BCUT2D eigenvalue weighted by Crippen LogP contribution is 2.32. The van der Waals surface area contributed by atoms with Crippen LogP contribution in [0.5, 0.6) is 0 Å². The van der Waals surface area contributed by atoms with Crippen LogP contribution in [0.3, 0.4) is 0 Å². The zero-order chi connectivity index (χ0) is 14.7. The lowest BCUT2D eigenvalue weighted by Crippen LogP contribution is -2.40. The Labute approximate surface area is 137 Å². The van der Waals surface area contributed by atoms with Crippen molar-refractivity contribution in [3.8, 4) is 0 Å². The molecule has 1 aromatic rings. The van der Waals surface area contributed by atoms with Crippen molar-refractivity contribution in [2.45, 2.75) is 44.6 Å². The minimum absolute atomic E-state index is 0.622. The Hall–Kier alpha value is -0.500. The van der Waals surface area contributed by atoms with Crippen LogP contribution in [-0.2, 0) is 0 Å². The van der Waals surface area contributed by atoms with Gasteiger partial charge < -0.3 is 0 Å². The summed E-state index contributed by atoms with van der Waals surface area (Å²) < 4.78 is 0. The van der Waals surface area contributed by atoms with E-state index in [0.29, 0.717) is 10.0 Å². The molecule has 1 aromatic carbocycles. The molecular weight excluding hydrogens is 301 g/mol. The number of nitrogens with zero attached hydrogens (tertiary/aromatic N) is 1. The van der Waals surface area contributed by atoms with Crippen LogP contribution < -0.4 is 0 Å². The zero-order valence-corrected chi connectivity index (χ0v) is 13.9. The molecule has 1 heterocycles. The number of likely N-dealkylation sites (tertiary alicyclic amines) is 1. The van der Waals surface area contributed by atoms with Crippen LogP contribution >= 0.6 is 23.2 Å². The lowest BCUT2D eigenvalue weighted by molar-refractivity contribution is 0.143. The molecule has 1 atom stereocenters. The first-order valence-electron chi connectivity index (χ1n) is 8.08. The van der Waals surface area contributed by atoms with Crippen LogP contribution in [0.1, 0.15) is 44.1 Å². The van der Waals surface area contributed by atoms with Crippen molar-refractivity contribution in [2.24, 2.45) is 5.92 Å². The number of hydrogen-bond acceptors (Lipinski definition) is 1. The first-order chi connectivity index (χ1) is 10.2. The van der Waals surface area contributed by atoms with E-state index in [0.717, 1.165) is 23.9 Å². The van der Waals surface area contributed by atoms with Crippen molar-refractivity contribution < 1.29 is 0 Å². The molecule has 0 N–H and O–H groups in total. The predicted molar refractivity (Wildman–Crippen MR) is 92.0 cm³/mol. The lowest BCUT2D eigenvalue weighted by Gasteiger charge is -2.35. The first kappa shape index (κ1) is 15.4. The summed E-state index contributed by atoms with van der Waals surface area (Å²) in [4.78, 5) is 2.72. The Bertz CT molecular complexity index is 508. The van der Waals surface area contributed by atoms with E-state index in [1.165, 1.54) is 45.2 Å². The van der Waals surface area contributed by atoms with Crippen molar-refractivity contribution in [1.29, 1.82) is 0 Å². The normalized spacial score (nSPS) is 23.8. The Morgan fingerprint density at radius 3 is 2.71 bits per heavy atom. The van der Waals surface area contributed by atoms with Crippen LogP contribution in [0.2, 0.25) is 10.0 Å². The Kier molecular flexibility index (Phi) is 5.26. The fourth-order valence-corrected chi connectivity index (χ4v) is 3.48. The molecule has 1 saturated carbocycles. The van der Waals surface area contributed by atoms with Gasteiger partial charge in [0.2, 0.25) is 0 Å². The van der Waals surface area contributed by atoms with Gasteiger partial charge in [0, 0.05) is 12.6 Å². The minimum atomic E-state index is 0.622. The highest BCUT2D eigenvalue weighted by Gasteiger charge is 2.28. The van der Waals surface area contributed by atoms with E-state index in [1.54, 1.807) is 0 Å². The van der Waals surface area contributed by atoms with Crippen LogP contribution in [0, 0.1) is 5.92 Å². The zero-order valence-electron chi connectivity index (χ0n) is 12.4. The number of hydrogen-bond donors (Lipinski definition) is 0. The Morgan fingerprint density at radius 2 is 1.95 bits per heavy atom. The maximum atomic E-state index is 6.05. The van der Waals surface area contributed by atoms with Gasteiger partial charge in [0.15, 0.2) is 0 Å². The van der Waals surface area contributed by atoms with Gasteiger partial charge in [0.1, 0.15) is 0 Å². The van der Waals surface area contributed by atoms with Crippen LogP contribution in [0.4, 0.5) is 0 Å². The van der Waals surface area contributed by atoms with Gasteiger partial charge in [-0.2, -0.15) is 0 Å². The summed E-state index contributed by atoms with van der Waals surface area (Å²) in [6.45, 7) is 2.62. The van der Waals surface area contributed by atoms with Crippen LogP contribution in [0.25, 0.3) is 6.08 Å². The first-order valence-corrected chi connectivity index (χ1v) is 8.83. The summed E-state index contributed by atoms with van der Waals surface area (Å²) in [6.07, 6.45) is 12.6. The van der Waals surface area contributed by atoms with Gasteiger partial charge in [-0.15, -0.1) is 0 Å². The van der Waals surface area contributed by atoms with Gasteiger partial charge in [-0.05, 0) is 62.3 Å². The molecule has 1 aliphatic heterocycles. The van der Waals surface area contributed by atoms with Crippen molar-refractivity contribution >= 4 is 29.3 Å². The highest BCUT2D eigenvalue weighted by atomic mass is 35.5. The fraction of sp³-hybridized carbons (Fsp3) is 0.556. The molecule has 0 spiro atoms. The van der Waals surface area contributed by atoms with Crippen LogP contribution in [-0.4, -0.2) is 24.0 Å². The van der Waals surface area contributed by atoms with Gasteiger partial charge in [-0.3, -0.25) is 4.90 Å². The van der Waals surface area contributed by atoms with Crippen molar-refractivity contribution in [3.63, 3.8) is 0 Å². The molecule has 3 rings (SSSR count). The molecule has 3 heteroatoms. The summed E-state index contributed by atoms with van der Waals surface area (Å²) >= 11 is 12.0. The molecule has 1 unspecified atom stereocenters. The predicted octanol–water partition coefficient (Wildman–Crippen LogP) is 5.66. The fourth-order valence-electron chi connectivity index (χ4n) is 3.18. The number of rotatable bonds is 5. The maximum Gasteiger partial charge on any atom is 0.0598 e. The minimum Gasteiger partial charge on any atom is -0.300 e. The van der Waals surface area contributed by atoms with Crippen LogP contribution in [0.15, 0.2) is 24.3 Å². The summed E-state index contributed by atoms with van der Waals surface area (Å²) in [5, 5.41) is 1.25. The third-order valence-corrected chi connectivity index (χ3v) is 5.34. The van der Waals surface area contributed by atoms with Crippen molar-refractivity contribution in [2.75, 3.05) is 13.1 Å². The second-order valence-electron chi connectivity index (χ2n) is 6.40. The van der Waals surface area contributed by atoms with Gasteiger partial charge in [-0.1, -0.05) is 47.8 Å². The van der Waals surface area contributed by atoms with Gasteiger partial charge in [0.25, 0.3) is 0 Å². The smallest absolute Gasteiger partial charge is 0.0598 e. The summed E-state index contributed by atoms with van der Waals surface area (Å²) in [7, 11) is 0. The van der Waals surface area contributed by atoms with E-state index < -0.39 is 0 Å². The van der Waals surface area contributed by atoms with Crippen molar-refractivity contribution in [3.05, 3.63) is 39.9 Å². The molecule has 0 amide bonds. The number of piperidine rings is 1. The molecule has 1 saturated heterocycles. The average Bonchev–Trinajstić information content (AvgIpc) is 3.29. The van der Waals surface area contributed by atoms with E-state index in [2.05, 4.69) is 17.1 Å². The maximum absolute atomic E-state index is 6.05. The Balaban J connectivity index is 1.56. The molecule has 1 aliphatic carbocycles. The topological polar surface area (TPSA) is 3.24 Å². The lowest BCUT2D eigenvalue weighted by atomic mass is 9.98. The van der Waals surface area contributed by atoms with Crippen molar-refractivity contribution in [1.82, 2.24) is 4.90 Å². The molecule has 0 bridgehead atoms.